The zero-order valence-electron chi connectivity index (χ0n) is 8.73. The Morgan fingerprint density at radius 1 is 1.50 bits per heavy atom. The first kappa shape index (κ1) is 12.3. The van der Waals surface area contributed by atoms with Gasteiger partial charge in [0.25, 0.3) is 0 Å². The monoisotopic (exact) mass is 237 g/mol. The summed E-state index contributed by atoms with van der Waals surface area (Å²) < 4.78 is 0. The third-order valence-electron chi connectivity index (χ3n) is 2.06. The van der Waals surface area contributed by atoms with Crippen LogP contribution in [0.15, 0.2) is 24.3 Å². The number of halogens is 1. The minimum Gasteiger partial charge on any atom is -0.366 e. The lowest BCUT2D eigenvalue weighted by Gasteiger charge is -1.89. The van der Waals surface area contributed by atoms with Crippen molar-refractivity contribution in [1.82, 2.24) is 9.97 Å². The summed E-state index contributed by atoms with van der Waals surface area (Å²) in [6.45, 7) is 2.01. The number of amides is 1. The van der Waals surface area contributed by atoms with Gasteiger partial charge in [0.05, 0.1) is 11.0 Å². The van der Waals surface area contributed by atoms with Gasteiger partial charge in [0.15, 0.2) is 0 Å². The third kappa shape index (κ3) is 2.61. The summed E-state index contributed by atoms with van der Waals surface area (Å²) >= 11 is 0. The number of nitrogens with two attached hydrogens (primary N) is 1. The van der Waals surface area contributed by atoms with Crippen molar-refractivity contribution in [2.45, 2.75) is 6.92 Å². The van der Waals surface area contributed by atoms with Gasteiger partial charge in [0, 0.05) is 6.08 Å². The van der Waals surface area contributed by atoms with E-state index in [4.69, 9.17) is 5.73 Å². The van der Waals surface area contributed by atoms with Crippen LogP contribution in [0.25, 0.3) is 17.1 Å². The van der Waals surface area contributed by atoms with Gasteiger partial charge in [-0.2, -0.15) is 0 Å². The Labute approximate surface area is 99.0 Å². The Morgan fingerprint density at radius 3 is 2.94 bits per heavy atom. The number of imidazole rings is 1. The van der Waals surface area contributed by atoms with Crippen LogP contribution in [0.1, 0.15) is 11.4 Å². The van der Waals surface area contributed by atoms with Gasteiger partial charge in [-0.05, 0) is 30.7 Å². The van der Waals surface area contributed by atoms with Crippen molar-refractivity contribution in [2.75, 3.05) is 0 Å². The Morgan fingerprint density at radius 2 is 2.25 bits per heavy atom. The molecule has 5 heteroatoms. The molecule has 0 aliphatic carbocycles. The molecule has 0 atom stereocenters. The third-order valence-corrected chi connectivity index (χ3v) is 2.06. The van der Waals surface area contributed by atoms with E-state index in [9.17, 15) is 4.79 Å². The summed E-state index contributed by atoms with van der Waals surface area (Å²) in [6, 6.07) is 5.93. The molecule has 2 aromatic rings. The molecule has 0 spiro atoms. The maximum atomic E-state index is 10.5. The zero-order valence-corrected chi connectivity index (χ0v) is 9.54. The van der Waals surface area contributed by atoms with Crippen molar-refractivity contribution >= 4 is 35.4 Å². The van der Waals surface area contributed by atoms with E-state index in [0.29, 0.717) is 5.82 Å². The van der Waals surface area contributed by atoms with Crippen LogP contribution in [0, 0.1) is 6.92 Å². The highest BCUT2D eigenvalue weighted by Crippen LogP contribution is 2.13. The molecule has 4 nitrogen and oxygen atoms in total. The molecule has 1 aromatic carbocycles. The quantitative estimate of drug-likeness (QED) is 0.782. The average Bonchev–Trinajstić information content (AvgIpc) is 2.56. The summed E-state index contributed by atoms with van der Waals surface area (Å²) in [4.78, 5) is 17.9. The van der Waals surface area contributed by atoms with Crippen molar-refractivity contribution in [3.8, 4) is 0 Å². The van der Waals surface area contributed by atoms with E-state index in [1.807, 2.05) is 25.1 Å². The van der Waals surface area contributed by atoms with E-state index < -0.39 is 5.91 Å². The highest BCUT2D eigenvalue weighted by molar-refractivity contribution is 5.90. The van der Waals surface area contributed by atoms with Crippen molar-refractivity contribution in [3.63, 3.8) is 0 Å². The lowest BCUT2D eigenvalue weighted by Crippen LogP contribution is -2.05. The summed E-state index contributed by atoms with van der Waals surface area (Å²) in [6.07, 6.45) is 2.85. The predicted molar refractivity (Wildman–Crippen MR) is 66.3 cm³/mol. The minimum atomic E-state index is -0.480. The number of rotatable bonds is 2. The SMILES string of the molecule is Cc1ccc2nc(/C=C/C(N)=O)[nH]c2c1.Cl. The van der Waals surface area contributed by atoms with Gasteiger partial charge in [-0.15, -0.1) is 12.4 Å². The largest absolute Gasteiger partial charge is 0.366 e. The molecule has 1 aromatic heterocycles. The van der Waals surface area contributed by atoms with Crippen molar-refractivity contribution < 1.29 is 4.79 Å². The zero-order chi connectivity index (χ0) is 10.8. The van der Waals surface area contributed by atoms with Gasteiger partial charge in [0.1, 0.15) is 5.82 Å². The number of fused-ring (bicyclic) bond motifs is 1. The van der Waals surface area contributed by atoms with Crippen LogP contribution in [0.4, 0.5) is 0 Å². The summed E-state index contributed by atoms with van der Waals surface area (Å²) in [5.41, 5.74) is 7.99. The molecule has 0 unspecified atom stereocenters. The second-order valence-corrected chi connectivity index (χ2v) is 3.38. The second kappa shape index (κ2) is 4.81. The number of aromatic nitrogens is 2. The maximum absolute atomic E-state index is 10.5. The number of hydrogen-bond donors (Lipinski definition) is 2. The molecular weight excluding hydrogens is 226 g/mol. The first-order valence-corrected chi connectivity index (χ1v) is 4.59. The van der Waals surface area contributed by atoms with E-state index in [1.54, 1.807) is 6.08 Å². The molecule has 0 aliphatic rings. The van der Waals surface area contributed by atoms with Crippen LogP contribution >= 0.6 is 12.4 Å². The highest BCUT2D eigenvalue weighted by Gasteiger charge is 1.99. The average molecular weight is 238 g/mol. The van der Waals surface area contributed by atoms with Crippen LogP contribution in [0.2, 0.25) is 0 Å². The molecule has 2 rings (SSSR count). The number of H-pyrrole nitrogens is 1. The fourth-order valence-corrected chi connectivity index (χ4v) is 1.38. The van der Waals surface area contributed by atoms with Gasteiger partial charge in [0.2, 0.25) is 5.91 Å². The first-order chi connectivity index (χ1) is 7.15. The number of nitrogens with one attached hydrogen (secondary N) is 1. The lowest BCUT2D eigenvalue weighted by molar-refractivity contribution is -0.113. The normalized spacial score (nSPS) is 10.6. The fourth-order valence-electron chi connectivity index (χ4n) is 1.38. The number of nitrogens with zero attached hydrogens (tertiary/aromatic N) is 1. The van der Waals surface area contributed by atoms with Crippen LogP contribution < -0.4 is 5.73 Å². The minimum absolute atomic E-state index is 0. The molecule has 0 saturated carbocycles. The van der Waals surface area contributed by atoms with Gasteiger partial charge < -0.3 is 10.7 Å². The molecule has 0 fully saturated rings. The molecule has 0 aliphatic heterocycles. The Balaban J connectivity index is 0.00000128. The Hall–Kier alpha value is -1.81. The molecule has 1 amide bonds. The van der Waals surface area contributed by atoms with Crippen molar-refractivity contribution in [3.05, 3.63) is 35.7 Å². The van der Waals surface area contributed by atoms with E-state index in [1.165, 1.54) is 6.08 Å². The number of aromatic amines is 1. The highest BCUT2D eigenvalue weighted by atomic mass is 35.5. The number of hydrogen-bond acceptors (Lipinski definition) is 2. The molecule has 0 radical (unpaired) electrons. The molecule has 0 bridgehead atoms. The first-order valence-electron chi connectivity index (χ1n) is 4.59. The van der Waals surface area contributed by atoms with Crippen LogP contribution in [0.5, 0.6) is 0 Å². The van der Waals surface area contributed by atoms with Gasteiger partial charge in [-0.25, -0.2) is 4.98 Å². The summed E-state index contributed by atoms with van der Waals surface area (Å²) in [5.74, 6) is 0.154. The number of carbonyl (C=O) groups excluding carboxylic acids is 1. The number of benzene rings is 1. The molecule has 16 heavy (non-hydrogen) atoms. The van der Waals surface area contributed by atoms with E-state index in [2.05, 4.69) is 9.97 Å². The molecule has 0 saturated heterocycles. The summed E-state index contributed by atoms with van der Waals surface area (Å²) in [7, 11) is 0. The smallest absolute Gasteiger partial charge is 0.241 e. The molecule has 84 valence electrons. The van der Waals surface area contributed by atoms with E-state index in [0.717, 1.165) is 16.6 Å². The van der Waals surface area contributed by atoms with Crippen molar-refractivity contribution in [2.24, 2.45) is 5.73 Å². The predicted octanol–water partition coefficient (Wildman–Crippen LogP) is 1.79. The van der Waals surface area contributed by atoms with Crippen LogP contribution in [-0.4, -0.2) is 15.9 Å². The number of carbonyl (C=O) groups is 1. The van der Waals surface area contributed by atoms with E-state index >= 15 is 0 Å². The topological polar surface area (TPSA) is 71.8 Å². The van der Waals surface area contributed by atoms with Gasteiger partial charge in [-0.1, -0.05) is 6.07 Å². The standard InChI is InChI=1S/C11H11N3O.ClH/c1-7-2-3-8-9(6-7)14-11(13-8)5-4-10(12)15;/h2-6H,1H3,(H2,12,15)(H,13,14);1H/b5-4+;. The molecule has 3 N–H and O–H groups in total. The maximum Gasteiger partial charge on any atom is 0.241 e. The van der Waals surface area contributed by atoms with Crippen molar-refractivity contribution in [1.29, 1.82) is 0 Å². The van der Waals surface area contributed by atoms with Crippen LogP contribution in [0.3, 0.4) is 0 Å². The number of aryl methyl sites for hydroxylation is 1. The Bertz CT molecular complexity index is 545. The van der Waals surface area contributed by atoms with Gasteiger partial charge >= 0.3 is 0 Å². The van der Waals surface area contributed by atoms with Crippen LogP contribution in [-0.2, 0) is 4.79 Å². The van der Waals surface area contributed by atoms with E-state index in [-0.39, 0.29) is 12.4 Å². The lowest BCUT2D eigenvalue weighted by atomic mass is 10.2. The number of primary amides is 1. The van der Waals surface area contributed by atoms with Gasteiger partial charge in [-0.3, -0.25) is 4.79 Å². The fraction of sp³-hybridized carbons (Fsp3) is 0.0909. The second-order valence-electron chi connectivity index (χ2n) is 3.38. The Kier molecular flexibility index (Phi) is 3.68. The molecule has 1 heterocycles. The summed E-state index contributed by atoms with van der Waals surface area (Å²) in [5, 5.41) is 0. The molecular formula is C11H12ClN3O.